The van der Waals surface area contributed by atoms with Crippen LogP contribution in [0, 0.1) is 0 Å². The zero-order valence-corrected chi connectivity index (χ0v) is 17.3. The summed E-state index contributed by atoms with van der Waals surface area (Å²) in [7, 11) is 1.45. The first kappa shape index (κ1) is 22.1. The van der Waals surface area contributed by atoms with Gasteiger partial charge in [0.2, 0.25) is 0 Å². The van der Waals surface area contributed by atoms with Crippen LogP contribution < -0.4 is 25.1 Å². The van der Waals surface area contributed by atoms with E-state index in [9.17, 15) is 15.0 Å². The number of methoxy groups -OCH3 is 1. The van der Waals surface area contributed by atoms with E-state index in [2.05, 4.69) is 15.0 Å². The number of nitrogens with zero attached hydrogens (tertiary/aromatic N) is 4. The summed E-state index contributed by atoms with van der Waals surface area (Å²) in [6.45, 7) is 2.50. The molecule has 0 aliphatic rings. The van der Waals surface area contributed by atoms with Crippen LogP contribution in [0.25, 0.3) is 11.2 Å². The Labute approximate surface area is 178 Å². The van der Waals surface area contributed by atoms with Crippen molar-refractivity contribution in [3.8, 4) is 17.8 Å². The number of carboxylic acids is 1. The summed E-state index contributed by atoms with van der Waals surface area (Å²) < 4.78 is 17.9. The summed E-state index contributed by atoms with van der Waals surface area (Å²) in [5.74, 6) is -0.720. The Kier molecular flexibility index (Phi) is 7.08. The predicted molar refractivity (Wildman–Crippen MR) is 109 cm³/mol. The van der Waals surface area contributed by atoms with E-state index in [4.69, 9.17) is 19.9 Å². The number of unbranched alkanes of at least 4 members (excludes halogenated alkanes) is 1. The Morgan fingerprint density at radius 2 is 1.97 bits per heavy atom. The molecule has 11 nitrogen and oxygen atoms in total. The van der Waals surface area contributed by atoms with Crippen LogP contribution in [-0.2, 0) is 6.54 Å². The standard InChI is InChI=1S/C20H25N5O6/c1-3-4-9-30-19-23-16(21)15-17(24-19)25(20(22-15)29-2)10-13(26)11-31-14-7-5-12(6-8-14)18(27)28/h5-8,13,26H,3-4,9-11H2,1-2H3,(H,27,28)(H2,21,23,24)/p-1. The maximum Gasteiger partial charge on any atom is 0.320 e. The monoisotopic (exact) mass is 430 g/mol. The molecule has 0 amide bonds. The second kappa shape index (κ2) is 9.94. The van der Waals surface area contributed by atoms with Crippen molar-refractivity contribution in [1.82, 2.24) is 19.5 Å². The van der Waals surface area contributed by atoms with Crippen LogP contribution in [0.5, 0.6) is 17.8 Å². The number of anilines is 1. The molecular weight excluding hydrogens is 406 g/mol. The van der Waals surface area contributed by atoms with Gasteiger partial charge in [-0.25, -0.2) is 0 Å². The van der Waals surface area contributed by atoms with E-state index >= 15 is 0 Å². The molecule has 0 bridgehead atoms. The van der Waals surface area contributed by atoms with Crippen molar-refractivity contribution in [1.29, 1.82) is 0 Å². The van der Waals surface area contributed by atoms with E-state index in [0.717, 1.165) is 12.8 Å². The maximum absolute atomic E-state index is 10.8. The third kappa shape index (κ3) is 5.31. The van der Waals surface area contributed by atoms with E-state index in [1.807, 2.05) is 6.92 Å². The van der Waals surface area contributed by atoms with Crippen molar-refractivity contribution in [3.05, 3.63) is 29.8 Å². The molecule has 11 heteroatoms. The first-order chi connectivity index (χ1) is 14.9. The van der Waals surface area contributed by atoms with Gasteiger partial charge in [-0.3, -0.25) is 4.57 Å². The SMILES string of the molecule is CCCCOc1nc(N)c2nc(OC)n(CC(O)COc3ccc(C(=O)[O-])cc3)c2n1. The Bertz CT molecular complexity index is 1040. The summed E-state index contributed by atoms with van der Waals surface area (Å²) in [6, 6.07) is 6.03. The van der Waals surface area contributed by atoms with E-state index in [1.165, 1.54) is 31.4 Å². The van der Waals surface area contributed by atoms with Crippen LogP contribution in [0.3, 0.4) is 0 Å². The van der Waals surface area contributed by atoms with Crippen LogP contribution in [-0.4, -0.2) is 57.0 Å². The minimum absolute atomic E-state index is 0.0387. The number of benzene rings is 1. The molecule has 166 valence electrons. The number of fused-ring (bicyclic) bond motifs is 1. The fourth-order valence-corrected chi connectivity index (χ4v) is 2.82. The van der Waals surface area contributed by atoms with Crippen molar-refractivity contribution >= 4 is 23.0 Å². The highest BCUT2D eigenvalue weighted by Gasteiger charge is 2.20. The quantitative estimate of drug-likeness (QED) is 0.408. The number of aromatic carboxylic acids is 1. The maximum atomic E-state index is 10.8. The number of hydrogen-bond acceptors (Lipinski definition) is 10. The minimum Gasteiger partial charge on any atom is -0.545 e. The largest absolute Gasteiger partial charge is 0.545 e. The third-order valence-electron chi connectivity index (χ3n) is 4.40. The molecule has 2 heterocycles. The van der Waals surface area contributed by atoms with Gasteiger partial charge in [0, 0.05) is 0 Å². The van der Waals surface area contributed by atoms with Crippen LogP contribution >= 0.6 is 0 Å². The Morgan fingerprint density at radius 3 is 2.61 bits per heavy atom. The molecule has 3 rings (SSSR count). The smallest absolute Gasteiger partial charge is 0.320 e. The number of hydrogen-bond donors (Lipinski definition) is 2. The van der Waals surface area contributed by atoms with Gasteiger partial charge in [0.25, 0.3) is 6.01 Å². The summed E-state index contributed by atoms with van der Waals surface area (Å²) >= 11 is 0. The Morgan fingerprint density at radius 1 is 1.23 bits per heavy atom. The Balaban J connectivity index is 1.74. The summed E-state index contributed by atoms with van der Waals surface area (Å²) in [5.41, 5.74) is 6.75. The molecular formula is C20H24N5O6-. The Hall–Kier alpha value is -3.60. The van der Waals surface area contributed by atoms with Gasteiger partial charge in [-0.1, -0.05) is 13.3 Å². The molecule has 0 fully saturated rings. The van der Waals surface area contributed by atoms with Crippen molar-refractivity contribution < 1.29 is 29.2 Å². The van der Waals surface area contributed by atoms with Crippen LogP contribution in [0.15, 0.2) is 24.3 Å². The second-order valence-electron chi connectivity index (χ2n) is 6.75. The number of carbonyl (C=O) groups is 1. The summed E-state index contributed by atoms with van der Waals surface area (Å²) in [6.07, 6.45) is 0.864. The van der Waals surface area contributed by atoms with Gasteiger partial charge in [0.15, 0.2) is 17.0 Å². The summed E-state index contributed by atoms with van der Waals surface area (Å²) in [4.78, 5) is 23.6. The highest BCUT2D eigenvalue weighted by atomic mass is 16.5. The molecule has 0 aliphatic heterocycles. The molecule has 0 radical (unpaired) electrons. The average molecular weight is 430 g/mol. The van der Waals surface area contributed by atoms with Crippen molar-refractivity contribution in [2.24, 2.45) is 0 Å². The molecule has 31 heavy (non-hydrogen) atoms. The second-order valence-corrected chi connectivity index (χ2v) is 6.75. The zero-order valence-electron chi connectivity index (χ0n) is 17.3. The predicted octanol–water partition coefficient (Wildman–Crippen LogP) is 0.399. The van der Waals surface area contributed by atoms with E-state index in [0.29, 0.717) is 23.5 Å². The molecule has 1 aromatic carbocycles. The minimum atomic E-state index is -1.27. The number of imidazole rings is 1. The molecule has 0 aliphatic carbocycles. The van der Waals surface area contributed by atoms with Crippen molar-refractivity contribution in [2.45, 2.75) is 32.4 Å². The number of carbonyl (C=O) groups excluding carboxylic acids is 1. The molecule has 0 saturated heterocycles. The van der Waals surface area contributed by atoms with Gasteiger partial charge in [-0.15, -0.1) is 0 Å². The van der Waals surface area contributed by atoms with Crippen LogP contribution in [0.4, 0.5) is 5.82 Å². The van der Waals surface area contributed by atoms with E-state index < -0.39 is 12.1 Å². The van der Waals surface area contributed by atoms with E-state index in [-0.39, 0.29) is 36.6 Å². The van der Waals surface area contributed by atoms with Gasteiger partial charge in [-0.2, -0.15) is 15.0 Å². The van der Waals surface area contributed by atoms with Crippen LogP contribution in [0.2, 0.25) is 0 Å². The highest BCUT2D eigenvalue weighted by molar-refractivity contribution is 5.85. The van der Waals surface area contributed by atoms with Gasteiger partial charge < -0.3 is 35.0 Å². The molecule has 3 N–H and O–H groups in total. The van der Waals surface area contributed by atoms with Gasteiger partial charge in [-0.05, 0) is 36.2 Å². The molecule has 1 unspecified atom stereocenters. The first-order valence-corrected chi connectivity index (χ1v) is 9.75. The lowest BCUT2D eigenvalue weighted by Crippen LogP contribution is -2.24. The topological polar surface area (TPSA) is 158 Å². The lowest BCUT2D eigenvalue weighted by atomic mass is 10.2. The fraction of sp³-hybridized carbons (Fsp3) is 0.400. The van der Waals surface area contributed by atoms with E-state index in [1.54, 1.807) is 4.57 Å². The first-order valence-electron chi connectivity index (χ1n) is 9.75. The lowest BCUT2D eigenvalue weighted by Gasteiger charge is -2.15. The number of carboxylic acid groups (broad SMARTS) is 1. The molecule has 1 atom stereocenters. The normalized spacial score (nSPS) is 12.0. The summed E-state index contributed by atoms with van der Waals surface area (Å²) in [5, 5.41) is 21.3. The molecule has 0 saturated carbocycles. The van der Waals surface area contributed by atoms with Crippen molar-refractivity contribution in [3.63, 3.8) is 0 Å². The zero-order chi connectivity index (χ0) is 22.4. The number of aliphatic hydroxyl groups excluding tert-OH is 1. The third-order valence-corrected chi connectivity index (χ3v) is 4.40. The molecule has 0 spiro atoms. The van der Waals surface area contributed by atoms with Gasteiger partial charge in [0.05, 0.1) is 26.2 Å². The number of aromatic nitrogens is 4. The number of nitrogens with two attached hydrogens (primary N) is 1. The van der Waals surface area contributed by atoms with Crippen LogP contribution in [0.1, 0.15) is 30.1 Å². The van der Waals surface area contributed by atoms with Gasteiger partial charge >= 0.3 is 6.01 Å². The number of rotatable bonds is 11. The highest BCUT2D eigenvalue weighted by Crippen LogP contribution is 2.26. The lowest BCUT2D eigenvalue weighted by molar-refractivity contribution is -0.255. The van der Waals surface area contributed by atoms with Crippen molar-refractivity contribution in [2.75, 3.05) is 26.1 Å². The number of ether oxygens (including phenoxy) is 3. The van der Waals surface area contributed by atoms with Gasteiger partial charge in [0.1, 0.15) is 18.5 Å². The number of nitrogen functional groups attached to an aromatic ring is 1. The average Bonchev–Trinajstić information content (AvgIpc) is 3.11. The molecule has 2 aromatic heterocycles. The fourth-order valence-electron chi connectivity index (χ4n) is 2.82. The number of aliphatic hydroxyl groups is 1. The molecule has 3 aromatic rings.